The number of aromatic amines is 1. The molecule has 6 nitrogen and oxygen atoms in total. The highest BCUT2D eigenvalue weighted by Crippen LogP contribution is 2.19. The standard InChI is InChI=1S/C11H14N2O4/c1-6-5-13(11(16)12-10(6)15)9-4-3-8(14)7(2)17-9/h3-5,7-9,14H,1-2H3,(H,12,15,16)/t7-,8+,9+/m0/s1. The van der Waals surface area contributed by atoms with Gasteiger partial charge in [-0.3, -0.25) is 14.3 Å². The number of H-pyrrole nitrogens is 1. The van der Waals surface area contributed by atoms with Crippen molar-refractivity contribution in [3.8, 4) is 0 Å². The van der Waals surface area contributed by atoms with Gasteiger partial charge in [0.25, 0.3) is 5.56 Å². The number of aryl methyl sites for hydroxylation is 1. The van der Waals surface area contributed by atoms with E-state index < -0.39 is 29.7 Å². The molecular weight excluding hydrogens is 224 g/mol. The smallest absolute Gasteiger partial charge is 0.330 e. The number of nitrogens with one attached hydrogen (secondary N) is 1. The Bertz CT molecular complexity index is 557. The third kappa shape index (κ3) is 2.22. The lowest BCUT2D eigenvalue weighted by Crippen LogP contribution is -2.38. The first-order valence-electron chi connectivity index (χ1n) is 5.33. The fourth-order valence-corrected chi connectivity index (χ4v) is 1.64. The van der Waals surface area contributed by atoms with Gasteiger partial charge in [0, 0.05) is 11.8 Å². The van der Waals surface area contributed by atoms with Gasteiger partial charge in [-0.05, 0) is 19.9 Å². The third-order valence-electron chi connectivity index (χ3n) is 2.73. The molecule has 1 aromatic heterocycles. The minimum atomic E-state index is -0.675. The molecule has 0 unspecified atom stereocenters. The number of aromatic nitrogens is 2. The van der Waals surface area contributed by atoms with Gasteiger partial charge in [-0.15, -0.1) is 0 Å². The predicted octanol–water partition coefficient (Wildman–Crippen LogP) is -0.321. The molecule has 0 saturated carbocycles. The van der Waals surface area contributed by atoms with Crippen LogP contribution in [0.5, 0.6) is 0 Å². The average Bonchev–Trinajstić information content (AvgIpc) is 2.27. The number of aliphatic hydroxyl groups is 1. The fraction of sp³-hybridized carbons (Fsp3) is 0.455. The Balaban J connectivity index is 2.42. The Labute approximate surface area is 97.2 Å². The van der Waals surface area contributed by atoms with Gasteiger partial charge in [-0.2, -0.15) is 0 Å². The van der Waals surface area contributed by atoms with Gasteiger partial charge >= 0.3 is 5.69 Å². The van der Waals surface area contributed by atoms with Crippen LogP contribution in [0, 0.1) is 6.92 Å². The zero-order valence-electron chi connectivity index (χ0n) is 9.58. The van der Waals surface area contributed by atoms with Gasteiger partial charge in [0.05, 0.1) is 12.2 Å². The van der Waals surface area contributed by atoms with Crippen molar-refractivity contribution in [2.45, 2.75) is 32.3 Å². The molecule has 17 heavy (non-hydrogen) atoms. The first-order chi connectivity index (χ1) is 7.99. The molecule has 2 heterocycles. The van der Waals surface area contributed by atoms with E-state index in [-0.39, 0.29) is 0 Å². The number of rotatable bonds is 1. The van der Waals surface area contributed by atoms with Crippen molar-refractivity contribution in [3.05, 3.63) is 44.8 Å². The quantitative estimate of drug-likeness (QED) is 0.657. The van der Waals surface area contributed by atoms with Crippen molar-refractivity contribution in [2.75, 3.05) is 0 Å². The summed E-state index contributed by atoms with van der Waals surface area (Å²) in [5.41, 5.74) is -0.502. The maximum Gasteiger partial charge on any atom is 0.330 e. The molecule has 0 aromatic carbocycles. The summed E-state index contributed by atoms with van der Waals surface area (Å²) in [7, 11) is 0. The first kappa shape index (κ1) is 11.8. The Morgan fingerprint density at radius 1 is 1.41 bits per heavy atom. The van der Waals surface area contributed by atoms with Gasteiger partial charge in [-0.25, -0.2) is 4.79 Å². The van der Waals surface area contributed by atoms with Crippen LogP contribution in [0.3, 0.4) is 0 Å². The number of hydrogen-bond acceptors (Lipinski definition) is 4. The lowest BCUT2D eigenvalue weighted by atomic mass is 10.1. The normalized spacial score (nSPS) is 28.3. The predicted molar refractivity (Wildman–Crippen MR) is 60.8 cm³/mol. The number of ether oxygens (including phenoxy) is 1. The Morgan fingerprint density at radius 2 is 2.12 bits per heavy atom. The van der Waals surface area contributed by atoms with E-state index in [2.05, 4.69) is 4.98 Å². The van der Waals surface area contributed by atoms with Crippen LogP contribution in [0.25, 0.3) is 0 Å². The fourth-order valence-electron chi connectivity index (χ4n) is 1.64. The summed E-state index contributed by atoms with van der Waals surface area (Å²) in [6.45, 7) is 3.32. The van der Waals surface area contributed by atoms with Crippen molar-refractivity contribution in [1.29, 1.82) is 0 Å². The zero-order chi connectivity index (χ0) is 12.6. The van der Waals surface area contributed by atoms with E-state index in [1.807, 2.05) is 0 Å². The van der Waals surface area contributed by atoms with Crippen LogP contribution in [0.4, 0.5) is 0 Å². The highest BCUT2D eigenvalue weighted by atomic mass is 16.5. The van der Waals surface area contributed by atoms with Crippen LogP contribution in [-0.2, 0) is 4.74 Å². The van der Waals surface area contributed by atoms with Crippen LogP contribution >= 0.6 is 0 Å². The minimum absolute atomic E-state index is 0.399. The number of aliphatic hydroxyl groups excluding tert-OH is 1. The summed E-state index contributed by atoms with van der Waals surface area (Å²) < 4.78 is 6.75. The van der Waals surface area contributed by atoms with Gasteiger partial charge in [0.15, 0.2) is 6.23 Å². The van der Waals surface area contributed by atoms with Crippen molar-refractivity contribution in [1.82, 2.24) is 9.55 Å². The van der Waals surface area contributed by atoms with E-state index in [1.165, 1.54) is 10.8 Å². The maximum absolute atomic E-state index is 11.6. The zero-order valence-corrected chi connectivity index (χ0v) is 9.58. The molecule has 2 N–H and O–H groups in total. The van der Waals surface area contributed by atoms with E-state index in [0.29, 0.717) is 5.56 Å². The maximum atomic E-state index is 11.6. The molecule has 0 fully saturated rings. The second-order valence-corrected chi connectivity index (χ2v) is 4.09. The second-order valence-electron chi connectivity index (χ2n) is 4.09. The molecule has 1 aromatic rings. The molecule has 92 valence electrons. The van der Waals surface area contributed by atoms with Gasteiger partial charge in [0.2, 0.25) is 0 Å². The molecule has 0 bridgehead atoms. The van der Waals surface area contributed by atoms with Gasteiger partial charge in [-0.1, -0.05) is 6.08 Å². The molecule has 1 aliphatic heterocycles. The van der Waals surface area contributed by atoms with Gasteiger partial charge < -0.3 is 9.84 Å². The SMILES string of the molecule is Cc1cn([C@H]2C=C[C@@H](O)[C@H](C)O2)c(=O)[nH]c1=O. The number of nitrogens with zero attached hydrogens (tertiary/aromatic N) is 1. The molecular formula is C11H14N2O4. The van der Waals surface area contributed by atoms with Crippen LogP contribution in [0.1, 0.15) is 18.7 Å². The third-order valence-corrected chi connectivity index (χ3v) is 2.73. The van der Waals surface area contributed by atoms with E-state index in [9.17, 15) is 14.7 Å². The van der Waals surface area contributed by atoms with Crippen molar-refractivity contribution in [3.63, 3.8) is 0 Å². The summed E-state index contributed by atoms with van der Waals surface area (Å²) in [5.74, 6) is 0. The molecule has 0 spiro atoms. The van der Waals surface area contributed by atoms with Crippen LogP contribution in [-0.4, -0.2) is 26.9 Å². The lowest BCUT2D eigenvalue weighted by Gasteiger charge is -2.27. The van der Waals surface area contributed by atoms with Crippen LogP contribution < -0.4 is 11.2 Å². The van der Waals surface area contributed by atoms with Crippen LogP contribution in [0.2, 0.25) is 0 Å². The molecule has 1 aliphatic rings. The van der Waals surface area contributed by atoms with E-state index in [4.69, 9.17) is 4.74 Å². The first-order valence-corrected chi connectivity index (χ1v) is 5.33. The monoisotopic (exact) mass is 238 g/mol. The Morgan fingerprint density at radius 3 is 2.76 bits per heavy atom. The largest absolute Gasteiger partial charge is 0.386 e. The topological polar surface area (TPSA) is 84.3 Å². The van der Waals surface area contributed by atoms with Crippen molar-refractivity contribution < 1.29 is 9.84 Å². The van der Waals surface area contributed by atoms with E-state index >= 15 is 0 Å². The molecule has 3 atom stereocenters. The van der Waals surface area contributed by atoms with E-state index in [0.717, 1.165) is 0 Å². The summed E-state index contributed by atoms with van der Waals surface area (Å²) in [6, 6.07) is 0. The summed E-state index contributed by atoms with van der Waals surface area (Å²) in [5, 5.41) is 9.45. The molecule has 0 radical (unpaired) electrons. The Kier molecular flexibility index (Phi) is 2.99. The lowest BCUT2D eigenvalue weighted by molar-refractivity contribution is -0.0758. The molecule has 0 saturated heterocycles. The Hall–Kier alpha value is -1.66. The molecule has 0 aliphatic carbocycles. The highest BCUT2D eigenvalue weighted by molar-refractivity contribution is 5.05. The summed E-state index contributed by atoms with van der Waals surface area (Å²) in [4.78, 5) is 25.0. The summed E-state index contributed by atoms with van der Waals surface area (Å²) in [6.07, 6.45) is 2.93. The molecule has 6 heteroatoms. The number of hydrogen-bond donors (Lipinski definition) is 2. The van der Waals surface area contributed by atoms with Crippen LogP contribution in [0.15, 0.2) is 27.9 Å². The van der Waals surface area contributed by atoms with Gasteiger partial charge in [0.1, 0.15) is 0 Å². The highest BCUT2D eigenvalue weighted by Gasteiger charge is 2.23. The molecule has 2 rings (SSSR count). The minimum Gasteiger partial charge on any atom is -0.386 e. The van der Waals surface area contributed by atoms with Crippen molar-refractivity contribution in [2.24, 2.45) is 0 Å². The second kappa shape index (κ2) is 4.31. The average molecular weight is 238 g/mol. The molecule has 0 amide bonds. The van der Waals surface area contributed by atoms with E-state index in [1.54, 1.807) is 26.0 Å². The summed E-state index contributed by atoms with van der Waals surface area (Å²) >= 11 is 0. The van der Waals surface area contributed by atoms with Crippen molar-refractivity contribution >= 4 is 0 Å².